The molecule has 122 valence electrons. The minimum atomic E-state index is -0.434. The maximum absolute atomic E-state index is 12.3. The molecule has 1 aromatic carbocycles. The molecule has 0 fully saturated rings. The molecular weight excluding hydrogens is 298 g/mol. The predicted molar refractivity (Wildman–Crippen MR) is 81.4 cm³/mol. The number of methoxy groups -OCH3 is 2. The highest BCUT2D eigenvalue weighted by atomic mass is 16.5. The number of hydrogen-bond donors (Lipinski definition) is 0. The first-order valence-electron chi connectivity index (χ1n) is 7.64. The fourth-order valence-electron chi connectivity index (χ4n) is 3.53. The predicted octanol–water partition coefficient (Wildman–Crippen LogP) is 1.52. The molecule has 1 aliphatic heterocycles. The van der Waals surface area contributed by atoms with Gasteiger partial charge in [-0.25, -0.2) is 4.79 Å². The lowest BCUT2D eigenvalue weighted by Crippen LogP contribution is -2.42. The summed E-state index contributed by atoms with van der Waals surface area (Å²) in [5.74, 6) is -0.669. The SMILES string of the molecule is COC(=O)CN1CCc2cc(C(=O)OC)cc3c2C1CCC3=O. The van der Waals surface area contributed by atoms with Gasteiger partial charge in [0.15, 0.2) is 5.78 Å². The van der Waals surface area contributed by atoms with E-state index in [1.54, 1.807) is 6.07 Å². The van der Waals surface area contributed by atoms with Gasteiger partial charge in [-0.05, 0) is 36.1 Å². The van der Waals surface area contributed by atoms with Crippen molar-refractivity contribution in [2.75, 3.05) is 27.3 Å². The standard InChI is InChI=1S/C17H19NO5/c1-22-15(20)9-18-6-5-10-7-11(17(21)23-2)8-12-14(19)4-3-13(18)16(10)12/h7-8,13H,3-6,9H2,1-2H3. The molecule has 1 aromatic rings. The second kappa shape index (κ2) is 6.12. The highest BCUT2D eigenvalue weighted by Crippen LogP contribution is 2.40. The van der Waals surface area contributed by atoms with Gasteiger partial charge in [0.05, 0.1) is 26.3 Å². The highest BCUT2D eigenvalue weighted by Gasteiger charge is 2.36. The molecule has 6 heteroatoms. The summed E-state index contributed by atoms with van der Waals surface area (Å²) in [7, 11) is 2.70. The Bertz CT molecular complexity index is 682. The summed E-state index contributed by atoms with van der Waals surface area (Å²) in [6, 6.07) is 3.46. The van der Waals surface area contributed by atoms with Crippen LogP contribution in [0, 0.1) is 0 Å². The summed E-state index contributed by atoms with van der Waals surface area (Å²) in [5.41, 5.74) is 2.97. The first-order valence-corrected chi connectivity index (χ1v) is 7.64. The van der Waals surface area contributed by atoms with Gasteiger partial charge < -0.3 is 9.47 Å². The second-order valence-electron chi connectivity index (χ2n) is 5.86. The van der Waals surface area contributed by atoms with Crippen LogP contribution in [0.1, 0.15) is 50.7 Å². The topological polar surface area (TPSA) is 72.9 Å². The van der Waals surface area contributed by atoms with Crippen LogP contribution in [-0.2, 0) is 20.7 Å². The van der Waals surface area contributed by atoms with Crippen molar-refractivity contribution >= 4 is 17.7 Å². The maximum Gasteiger partial charge on any atom is 0.337 e. The van der Waals surface area contributed by atoms with Crippen LogP contribution in [0.5, 0.6) is 0 Å². The summed E-state index contributed by atoms with van der Waals surface area (Å²) < 4.78 is 9.53. The summed E-state index contributed by atoms with van der Waals surface area (Å²) in [5, 5.41) is 0. The van der Waals surface area contributed by atoms with Gasteiger partial charge >= 0.3 is 11.9 Å². The molecule has 1 unspecified atom stereocenters. The normalized spacial score (nSPS) is 19.9. The molecule has 0 radical (unpaired) electrons. The monoisotopic (exact) mass is 317 g/mol. The molecule has 1 heterocycles. The van der Waals surface area contributed by atoms with Crippen LogP contribution in [0.2, 0.25) is 0 Å². The molecule has 0 amide bonds. The van der Waals surface area contributed by atoms with E-state index in [9.17, 15) is 14.4 Å². The fraction of sp³-hybridized carbons (Fsp3) is 0.471. The van der Waals surface area contributed by atoms with Crippen LogP contribution in [-0.4, -0.2) is 49.9 Å². The zero-order valence-corrected chi connectivity index (χ0v) is 13.3. The number of hydrogen-bond acceptors (Lipinski definition) is 6. The summed E-state index contributed by atoms with van der Waals surface area (Å²) in [4.78, 5) is 37.8. The van der Waals surface area contributed by atoms with Crippen molar-refractivity contribution in [1.29, 1.82) is 0 Å². The number of benzene rings is 1. The first kappa shape index (κ1) is 15.7. The van der Waals surface area contributed by atoms with Crippen molar-refractivity contribution < 1.29 is 23.9 Å². The summed E-state index contributed by atoms with van der Waals surface area (Å²) in [6.45, 7) is 0.915. The molecule has 0 saturated carbocycles. The highest BCUT2D eigenvalue weighted by molar-refractivity contribution is 6.02. The van der Waals surface area contributed by atoms with E-state index in [1.807, 2.05) is 6.07 Å². The lowest BCUT2D eigenvalue weighted by molar-refractivity contribution is -0.142. The minimum Gasteiger partial charge on any atom is -0.468 e. The smallest absolute Gasteiger partial charge is 0.337 e. The third kappa shape index (κ3) is 2.74. The van der Waals surface area contributed by atoms with Crippen LogP contribution < -0.4 is 0 Å². The first-order chi connectivity index (χ1) is 11.0. The minimum absolute atomic E-state index is 0.0252. The van der Waals surface area contributed by atoms with Crippen molar-refractivity contribution in [3.05, 3.63) is 34.4 Å². The van der Waals surface area contributed by atoms with E-state index in [1.165, 1.54) is 14.2 Å². The Morgan fingerprint density at radius 1 is 1.22 bits per heavy atom. The molecule has 2 aliphatic rings. The zero-order chi connectivity index (χ0) is 16.6. The van der Waals surface area contributed by atoms with E-state index >= 15 is 0 Å². The fourth-order valence-corrected chi connectivity index (χ4v) is 3.53. The Labute approximate surface area is 134 Å². The third-order valence-corrected chi connectivity index (χ3v) is 4.63. The number of esters is 2. The molecule has 0 aromatic heterocycles. The van der Waals surface area contributed by atoms with E-state index < -0.39 is 5.97 Å². The van der Waals surface area contributed by atoms with Crippen LogP contribution >= 0.6 is 0 Å². The molecular formula is C17H19NO5. The van der Waals surface area contributed by atoms with Crippen molar-refractivity contribution in [1.82, 2.24) is 4.90 Å². The van der Waals surface area contributed by atoms with Crippen molar-refractivity contribution in [3.8, 4) is 0 Å². The number of ether oxygens (including phenoxy) is 2. The zero-order valence-electron chi connectivity index (χ0n) is 13.3. The van der Waals surface area contributed by atoms with Gasteiger partial charge in [0, 0.05) is 24.6 Å². The van der Waals surface area contributed by atoms with Gasteiger partial charge in [0.25, 0.3) is 0 Å². The quantitative estimate of drug-likeness (QED) is 0.787. The van der Waals surface area contributed by atoms with Gasteiger partial charge in [-0.2, -0.15) is 0 Å². The number of carbonyl (C=O) groups is 3. The van der Waals surface area contributed by atoms with Crippen LogP contribution in [0.4, 0.5) is 0 Å². The molecule has 23 heavy (non-hydrogen) atoms. The van der Waals surface area contributed by atoms with Gasteiger partial charge in [0.1, 0.15) is 0 Å². The molecule has 0 saturated heterocycles. The average Bonchev–Trinajstić information content (AvgIpc) is 2.58. The Morgan fingerprint density at radius 2 is 2.00 bits per heavy atom. The molecule has 0 spiro atoms. The van der Waals surface area contributed by atoms with E-state index in [4.69, 9.17) is 9.47 Å². The third-order valence-electron chi connectivity index (χ3n) is 4.63. The number of rotatable bonds is 3. The Balaban J connectivity index is 2.03. The molecule has 1 atom stereocenters. The number of Topliss-reactive ketones (excluding diaryl/α,β-unsaturated/α-hetero) is 1. The Morgan fingerprint density at radius 3 is 2.70 bits per heavy atom. The van der Waals surface area contributed by atoms with Gasteiger partial charge in [-0.3, -0.25) is 14.5 Å². The lowest BCUT2D eigenvalue weighted by atomic mass is 9.79. The van der Waals surface area contributed by atoms with Crippen LogP contribution in [0.3, 0.4) is 0 Å². The van der Waals surface area contributed by atoms with E-state index in [2.05, 4.69) is 4.90 Å². The number of nitrogens with zero attached hydrogens (tertiary/aromatic N) is 1. The van der Waals surface area contributed by atoms with Gasteiger partial charge in [0.2, 0.25) is 0 Å². The van der Waals surface area contributed by atoms with Crippen LogP contribution in [0.15, 0.2) is 12.1 Å². The van der Waals surface area contributed by atoms with E-state index in [-0.39, 0.29) is 24.3 Å². The van der Waals surface area contributed by atoms with E-state index in [0.29, 0.717) is 36.9 Å². The lowest BCUT2D eigenvalue weighted by Gasteiger charge is -2.40. The Hall–Kier alpha value is -2.21. The summed E-state index contributed by atoms with van der Waals surface area (Å²) in [6.07, 6.45) is 1.79. The maximum atomic E-state index is 12.3. The van der Waals surface area contributed by atoms with Gasteiger partial charge in [-0.1, -0.05) is 0 Å². The van der Waals surface area contributed by atoms with E-state index in [0.717, 1.165) is 11.1 Å². The number of carbonyl (C=O) groups excluding carboxylic acids is 3. The number of ketones is 1. The molecule has 6 nitrogen and oxygen atoms in total. The molecule has 3 rings (SSSR count). The van der Waals surface area contributed by atoms with Crippen LogP contribution in [0.25, 0.3) is 0 Å². The van der Waals surface area contributed by atoms with Crippen molar-refractivity contribution in [2.45, 2.75) is 25.3 Å². The second-order valence-corrected chi connectivity index (χ2v) is 5.86. The van der Waals surface area contributed by atoms with Crippen molar-refractivity contribution in [2.24, 2.45) is 0 Å². The molecule has 0 N–H and O–H groups in total. The van der Waals surface area contributed by atoms with Gasteiger partial charge in [-0.15, -0.1) is 0 Å². The average molecular weight is 317 g/mol. The molecule has 1 aliphatic carbocycles. The summed E-state index contributed by atoms with van der Waals surface area (Å²) >= 11 is 0. The Kier molecular flexibility index (Phi) is 4.17. The largest absolute Gasteiger partial charge is 0.468 e. The molecule has 0 bridgehead atoms. The van der Waals surface area contributed by atoms with Crippen molar-refractivity contribution in [3.63, 3.8) is 0 Å².